The molecule has 2 aliphatic carbocycles. The van der Waals surface area contributed by atoms with Gasteiger partial charge in [-0.3, -0.25) is 4.57 Å². The Kier molecular flexibility index (Phi) is 5.67. The van der Waals surface area contributed by atoms with Crippen LogP contribution in [0.2, 0.25) is 0 Å². The lowest BCUT2D eigenvalue weighted by atomic mass is 9.61. The molecule has 0 saturated heterocycles. The van der Waals surface area contributed by atoms with Crippen LogP contribution >= 0.6 is 30.2 Å². The first-order valence-electron chi connectivity index (χ1n) is 9.66. The van der Waals surface area contributed by atoms with Crippen molar-refractivity contribution in [3.8, 4) is 0 Å². The van der Waals surface area contributed by atoms with Crippen molar-refractivity contribution in [3.05, 3.63) is 10.2 Å². The van der Waals surface area contributed by atoms with E-state index in [-0.39, 0.29) is 31.1 Å². The maximum atomic E-state index is 13.2. The van der Waals surface area contributed by atoms with Crippen molar-refractivity contribution in [2.75, 3.05) is 25.1 Å². The predicted octanol–water partition coefficient (Wildman–Crippen LogP) is 1.95. The fourth-order valence-corrected chi connectivity index (χ4v) is 7.82. The fourth-order valence-electron chi connectivity index (χ4n) is 4.98. The number of anilines is 1. The third kappa shape index (κ3) is 3.30. The lowest BCUT2D eigenvalue weighted by molar-refractivity contribution is -0.0574. The number of hydrogen-bond donors (Lipinski definition) is 3. The van der Waals surface area contributed by atoms with E-state index in [0.717, 1.165) is 6.42 Å². The minimum Gasteiger partial charge on any atom is -0.390 e. The summed E-state index contributed by atoms with van der Waals surface area (Å²) in [5.41, 5.74) is 6.19. The van der Waals surface area contributed by atoms with Crippen molar-refractivity contribution in [2.24, 2.45) is 11.3 Å². The number of aliphatic hydroxyl groups excluding tert-OH is 2. The lowest BCUT2D eigenvalue weighted by Crippen LogP contribution is -2.48. The Bertz CT molecular complexity index is 963. The van der Waals surface area contributed by atoms with Crippen LogP contribution in [0.3, 0.4) is 0 Å². The Balaban J connectivity index is 1.73. The van der Waals surface area contributed by atoms with Gasteiger partial charge in [-0.15, -0.1) is 0 Å². The molecule has 2 aliphatic rings. The number of nitrogen functional groups attached to an aromatic ring is 1. The molecule has 0 radical (unpaired) electrons. The molecule has 0 unspecified atom stereocenters. The largest absolute Gasteiger partial charge is 0.390 e. The number of aliphatic hydroxyl groups is 2. The Labute approximate surface area is 181 Å². The van der Waals surface area contributed by atoms with Crippen LogP contribution in [-0.4, -0.2) is 61.3 Å². The molecule has 2 heterocycles. The molecule has 0 bridgehead atoms. The maximum absolute atomic E-state index is 13.2. The minimum atomic E-state index is -3.39. The van der Waals surface area contributed by atoms with Crippen LogP contribution < -0.4 is 5.73 Å². The van der Waals surface area contributed by atoms with Crippen molar-refractivity contribution in [1.29, 1.82) is 0 Å². The zero-order valence-electron chi connectivity index (χ0n) is 16.2. The summed E-state index contributed by atoms with van der Waals surface area (Å²) in [4.78, 5) is 12.9. The van der Waals surface area contributed by atoms with Gasteiger partial charge < -0.3 is 29.6 Å². The molecule has 10 nitrogen and oxygen atoms in total. The van der Waals surface area contributed by atoms with Gasteiger partial charge in [0, 0.05) is 28.0 Å². The highest BCUT2D eigenvalue weighted by Gasteiger charge is 2.67. The van der Waals surface area contributed by atoms with Gasteiger partial charge in [0.15, 0.2) is 15.3 Å². The van der Waals surface area contributed by atoms with Gasteiger partial charge in [0.2, 0.25) is 0 Å². The Morgan fingerprint density at radius 3 is 2.62 bits per heavy atom. The molecule has 0 amide bonds. The predicted molar refractivity (Wildman–Crippen MR) is 114 cm³/mol. The molecule has 2 aromatic rings. The zero-order chi connectivity index (χ0) is 21.0. The average molecular weight is 537 g/mol. The van der Waals surface area contributed by atoms with E-state index >= 15 is 0 Å². The normalized spacial score (nSPS) is 31.8. The second-order valence-electron chi connectivity index (χ2n) is 7.61. The highest BCUT2D eigenvalue weighted by molar-refractivity contribution is 14.1. The number of nitrogens with two attached hydrogens (primary N) is 1. The molecule has 12 heteroatoms. The molecule has 4 N–H and O–H groups in total. The Morgan fingerprint density at radius 1 is 1.34 bits per heavy atom. The Hall–Kier alpha value is -0.850. The minimum absolute atomic E-state index is 0.0718. The van der Waals surface area contributed by atoms with E-state index < -0.39 is 31.3 Å². The van der Waals surface area contributed by atoms with Crippen LogP contribution in [0.15, 0.2) is 6.33 Å². The van der Waals surface area contributed by atoms with Gasteiger partial charge in [-0.25, -0.2) is 15.0 Å². The number of imidazole rings is 1. The van der Waals surface area contributed by atoms with Crippen LogP contribution in [0.25, 0.3) is 11.2 Å². The van der Waals surface area contributed by atoms with Crippen LogP contribution in [0.5, 0.6) is 0 Å². The van der Waals surface area contributed by atoms with Crippen LogP contribution in [0, 0.1) is 15.2 Å². The number of fused-ring (bicyclic) bond motifs is 2. The fraction of sp³-hybridized carbons (Fsp3) is 0.706. The third-order valence-electron chi connectivity index (χ3n) is 6.22. The van der Waals surface area contributed by atoms with Crippen molar-refractivity contribution in [2.45, 2.75) is 44.9 Å². The summed E-state index contributed by atoms with van der Waals surface area (Å²) in [5.74, 6) is 0.149. The van der Waals surface area contributed by atoms with Gasteiger partial charge >= 0.3 is 7.60 Å². The van der Waals surface area contributed by atoms with E-state index in [0.29, 0.717) is 21.4 Å². The highest BCUT2D eigenvalue weighted by Crippen LogP contribution is 2.68. The maximum Gasteiger partial charge on any atom is 0.331 e. The molecule has 2 saturated carbocycles. The molecular formula is C17H25IN5O5P. The standard InChI is InChI=1S/C17H25IN5O5P/c1-3-27-29(26,28-4-2)7-17-6-5-9(17)11(12(24)13(17)25)23-8-20-10-14(19)21-16(18)22-15(10)23/h8-9,11-13,24-25H,3-7H2,1-2H3,(H2,19,21,22)/t9-,11-,12+,13+,17+/m1/s1. The number of aromatic nitrogens is 4. The van der Waals surface area contributed by atoms with E-state index in [1.165, 1.54) is 0 Å². The summed E-state index contributed by atoms with van der Waals surface area (Å²) in [6.45, 7) is 4.02. The van der Waals surface area contributed by atoms with Gasteiger partial charge in [-0.1, -0.05) is 0 Å². The van der Waals surface area contributed by atoms with E-state index in [9.17, 15) is 14.8 Å². The summed E-state index contributed by atoms with van der Waals surface area (Å²) in [6, 6.07) is -0.467. The molecule has 5 atom stereocenters. The lowest BCUT2D eigenvalue weighted by Gasteiger charge is -2.48. The smallest absolute Gasteiger partial charge is 0.331 e. The molecule has 2 fully saturated rings. The molecule has 29 heavy (non-hydrogen) atoms. The second-order valence-corrected chi connectivity index (χ2v) is 10.6. The molecule has 0 aromatic carbocycles. The van der Waals surface area contributed by atoms with Gasteiger partial charge in [0.05, 0.1) is 37.8 Å². The third-order valence-corrected chi connectivity index (χ3v) is 8.98. The molecule has 4 rings (SSSR count). The van der Waals surface area contributed by atoms with E-state index in [1.54, 1.807) is 24.7 Å². The first kappa shape index (κ1) is 21.4. The van der Waals surface area contributed by atoms with Crippen molar-refractivity contribution < 1.29 is 23.8 Å². The molecule has 160 valence electrons. The van der Waals surface area contributed by atoms with E-state index in [2.05, 4.69) is 15.0 Å². The Morgan fingerprint density at radius 2 is 2.03 bits per heavy atom. The summed E-state index contributed by atoms with van der Waals surface area (Å²) in [6.07, 6.45) is 0.932. The molecule has 0 spiro atoms. The second kappa shape index (κ2) is 7.69. The van der Waals surface area contributed by atoms with Crippen LogP contribution in [0.1, 0.15) is 32.7 Å². The average Bonchev–Trinajstić information content (AvgIpc) is 3.10. The van der Waals surface area contributed by atoms with Crippen molar-refractivity contribution >= 4 is 47.2 Å². The number of nitrogens with zero attached hydrogens (tertiary/aromatic N) is 4. The topological polar surface area (TPSA) is 146 Å². The number of hydrogen-bond acceptors (Lipinski definition) is 9. The summed E-state index contributed by atoms with van der Waals surface area (Å²) in [7, 11) is -3.39. The number of rotatable bonds is 7. The summed E-state index contributed by atoms with van der Waals surface area (Å²) < 4.78 is 26.4. The van der Waals surface area contributed by atoms with E-state index in [4.69, 9.17) is 14.8 Å². The number of halogens is 1. The van der Waals surface area contributed by atoms with E-state index in [1.807, 2.05) is 22.6 Å². The summed E-state index contributed by atoms with van der Waals surface area (Å²) in [5, 5.41) is 22.0. The van der Waals surface area contributed by atoms with Gasteiger partial charge in [0.25, 0.3) is 0 Å². The monoisotopic (exact) mass is 537 g/mol. The molecule has 2 aromatic heterocycles. The van der Waals surface area contributed by atoms with Gasteiger partial charge in [0.1, 0.15) is 11.6 Å². The van der Waals surface area contributed by atoms with Crippen molar-refractivity contribution in [1.82, 2.24) is 19.5 Å². The highest BCUT2D eigenvalue weighted by atomic mass is 127. The first-order chi connectivity index (χ1) is 13.8. The van der Waals surface area contributed by atoms with Crippen LogP contribution in [-0.2, 0) is 13.6 Å². The first-order valence-corrected chi connectivity index (χ1v) is 12.5. The SMILES string of the molecule is CCOP(=O)(C[C@@]12CC[C@@H]1[C@@H](n1cnc3c(N)nc(I)nc31)[C@H](O)[C@@H]2O)OCC. The molecule has 0 aliphatic heterocycles. The van der Waals surface area contributed by atoms with Gasteiger partial charge in [-0.05, 0) is 32.6 Å². The van der Waals surface area contributed by atoms with Crippen LogP contribution in [0.4, 0.5) is 5.82 Å². The van der Waals surface area contributed by atoms with Gasteiger partial charge in [-0.2, -0.15) is 0 Å². The quantitative estimate of drug-likeness (QED) is 0.274. The summed E-state index contributed by atoms with van der Waals surface area (Å²) >= 11 is 1.98. The van der Waals surface area contributed by atoms with Crippen molar-refractivity contribution in [3.63, 3.8) is 0 Å². The zero-order valence-corrected chi connectivity index (χ0v) is 19.3. The molecular weight excluding hydrogens is 512 g/mol.